The Morgan fingerprint density at radius 1 is 1.29 bits per heavy atom. The van der Waals surface area contributed by atoms with Crippen molar-refractivity contribution in [2.45, 2.75) is 52.6 Å². The van der Waals surface area contributed by atoms with Gasteiger partial charge in [0.15, 0.2) is 0 Å². The smallest absolute Gasteiger partial charge is 0.407 e. The van der Waals surface area contributed by atoms with E-state index in [1.165, 1.54) is 7.11 Å². The van der Waals surface area contributed by atoms with E-state index >= 15 is 0 Å². The van der Waals surface area contributed by atoms with Gasteiger partial charge in [-0.3, -0.25) is 4.79 Å². The van der Waals surface area contributed by atoms with Gasteiger partial charge in [0.2, 0.25) is 5.91 Å². The average Bonchev–Trinajstić information content (AvgIpc) is 2.23. The Morgan fingerprint density at radius 3 is 2.18 bits per heavy atom. The Kier molecular flexibility index (Phi) is 5.99. The molecule has 0 radical (unpaired) electrons. The van der Waals surface area contributed by atoms with E-state index in [9.17, 15) is 9.59 Å². The first-order chi connectivity index (χ1) is 7.74. The molecule has 0 aliphatic heterocycles. The van der Waals surface area contributed by atoms with Gasteiger partial charge in [-0.05, 0) is 26.2 Å². The predicted molar refractivity (Wildman–Crippen MR) is 66.7 cm³/mol. The van der Waals surface area contributed by atoms with Gasteiger partial charge in [-0.15, -0.1) is 0 Å². The van der Waals surface area contributed by atoms with Crippen molar-refractivity contribution in [2.75, 3.05) is 7.11 Å². The van der Waals surface area contributed by atoms with Crippen LogP contribution in [0.4, 0.5) is 4.79 Å². The molecule has 2 amide bonds. The van der Waals surface area contributed by atoms with Gasteiger partial charge in [0, 0.05) is 6.04 Å². The number of ether oxygens (including phenoxy) is 1. The Bertz CT molecular complexity index is 275. The summed E-state index contributed by atoms with van der Waals surface area (Å²) in [5.41, 5.74) is -0.977. The standard InChI is InChI=1S/C12H24N2O3/c1-7-9(8(2)3)13-10(15)12(4,5)14-11(16)17-6/h8-9H,7H2,1-6H3,(H,13,15)(H,14,16). The van der Waals surface area contributed by atoms with Crippen LogP contribution in [0, 0.1) is 5.92 Å². The molecule has 0 bridgehead atoms. The summed E-state index contributed by atoms with van der Waals surface area (Å²) in [7, 11) is 1.27. The maximum Gasteiger partial charge on any atom is 0.407 e. The third-order valence-corrected chi connectivity index (χ3v) is 2.73. The number of methoxy groups -OCH3 is 1. The van der Waals surface area contributed by atoms with Crippen molar-refractivity contribution < 1.29 is 14.3 Å². The summed E-state index contributed by atoms with van der Waals surface area (Å²) in [6.07, 6.45) is 0.250. The van der Waals surface area contributed by atoms with Gasteiger partial charge in [0.1, 0.15) is 5.54 Å². The molecule has 0 aromatic carbocycles. The molecule has 0 heterocycles. The van der Waals surface area contributed by atoms with Crippen molar-refractivity contribution in [3.63, 3.8) is 0 Å². The summed E-state index contributed by atoms with van der Waals surface area (Å²) < 4.78 is 4.48. The van der Waals surface area contributed by atoms with Gasteiger partial charge < -0.3 is 15.4 Å². The van der Waals surface area contributed by atoms with E-state index in [2.05, 4.69) is 29.2 Å². The molecule has 100 valence electrons. The second-order valence-electron chi connectivity index (χ2n) is 4.97. The molecule has 1 unspecified atom stereocenters. The quantitative estimate of drug-likeness (QED) is 0.773. The van der Waals surface area contributed by atoms with Gasteiger partial charge in [-0.2, -0.15) is 0 Å². The van der Waals surface area contributed by atoms with Gasteiger partial charge in [0.05, 0.1) is 7.11 Å². The fourth-order valence-corrected chi connectivity index (χ4v) is 1.45. The lowest BCUT2D eigenvalue weighted by molar-refractivity contribution is -0.127. The molecule has 0 rings (SSSR count). The van der Waals surface area contributed by atoms with Gasteiger partial charge in [-0.25, -0.2) is 4.79 Å². The van der Waals surface area contributed by atoms with Gasteiger partial charge >= 0.3 is 6.09 Å². The van der Waals surface area contributed by atoms with E-state index in [-0.39, 0.29) is 11.9 Å². The normalized spacial score (nSPS) is 13.1. The molecule has 0 aromatic rings. The van der Waals surface area contributed by atoms with Gasteiger partial charge in [0.25, 0.3) is 0 Å². The van der Waals surface area contributed by atoms with E-state index in [0.29, 0.717) is 5.92 Å². The first kappa shape index (κ1) is 15.7. The Labute approximate surface area is 103 Å². The number of amides is 2. The lowest BCUT2D eigenvalue weighted by Gasteiger charge is -2.29. The minimum Gasteiger partial charge on any atom is -0.453 e. The van der Waals surface area contributed by atoms with Crippen LogP contribution in [0.1, 0.15) is 41.0 Å². The number of nitrogens with one attached hydrogen (secondary N) is 2. The minimum absolute atomic E-state index is 0.112. The fourth-order valence-electron chi connectivity index (χ4n) is 1.45. The number of hydrogen-bond acceptors (Lipinski definition) is 3. The number of carbonyl (C=O) groups excluding carboxylic acids is 2. The molecule has 0 saturated heterocycles. The molecule has 0 spiro atoms. The number of alkyl carbamates (subject to hydrolysis) is 1. The third kappa shape index (κ3) is 5.06. The molecule has 5 nitrogen and oxygen atoms in total. The van der Waals surface area contributed by atoms with Crippen LogP contribution in [0.5, 0.6) is 0 Å². The molecule has 0 aromatic heterocycles. The molecule has 5 heteroatoms. The second-order valence-corrected chi connectivity index (χ2v) is 4.97. The Hall–Kier alpha value is -1.26. The summed E-state index contributed by atoms with van der Waals surface area (Å²) in [6.45, 7) is 9.41. The third-order valence-electron chi connectivity index (χ3n) is 2.73. The van der Waals surface area contributed by atoms with E-state index in [0.717, 1.165) is 6.42 Å². The van der Waals surface area contributed by atoms with Crippen molar-refractivity contribution in [1.82, 2.24) is 10.6 Å². The van der Waals surface area contributed by atoms with Crippen LogP contribution in [-0.4, -0.2) is 30.7 Å². The average molecular weight is 244 g/mol. The second kappa shape index (κ2) is 6.47. The van der Waals surface area contributed by atoms with Crippen LogP contribution >= 0.6 is 0 Å². The number of hydrogen-bond donors (Lipinski definition) is 2. The molecule has 0 fully saturated rings. The first-order valence-corrected chi connectivity index (χ1v) is 5.91. The molecule has 2 N–H and O–H groups in total. The molecular weight excluding hydrogens is 220 g/mol. The highest BCUT2D eigenvalue weighted by Gasteiger charge is 2.31. The highest BCUT2D eigenvalue weighted by molar-refractivity contribution is 5.89. The zero-order valence-corrected chi connectivity index (χ0v) is 11.6. The monoisotopic (exact) mass is 244 g/mol. The van der Waals surface area contributed by atoms with Crippen molar-refractivity contribution >= 4 is 12.0 Å². The van der Waals surface area contributed by atoms with E-state index in [4.69, 9.17) is 0 Å². The van der Waals surface area contributed by atoms with Crippen LogP contribution < -0.4 is 10.6 Å². The summed E-state index contributed by atoms with van der Waals surface area (Å²) in [4.78, 5) is 23.1. The largest absolute Gasteiger partial charge is 0.453 e. The topological polar surface area (TPSA) is 67.4 Å². The lowest BCUT2D eigenvalue weighted by Crippen LogP contribution is -2.57. The summed E-state index contributed by atoms with van der Waals surface area (Å²) in [6, 6.07) is 0.112. The van der Waals surface area contributed by atoms with Crippen LogP contribution in [0.15, 0.2) is 0 Å². The molecule has 0 aliphatic carbocycles. The maximum absolute atomic E-state index is 12.0. The molecular formula is C12H24N2O3. The summed E-state index contributed by atoms with van der Waals surface area (Å²) in [5, 5.41) is 5.43. The van der Waals surface area contributed by atoms with E-state index in [1.807, 2.05) is 6.92 Å². The lowest BCUT2D eigenvalue weighted by atomic mass is 9.98. The van der Waals surface area contributed by atoms with E-state index in [1.54, 1.807) is 13.8 Å². The van der Waals surface area contributed by atoms with Crippen molar-refractivity contribution in [3.8, 4) is 0 Å². The highest BCUT2D eigenvalue weighted by Crippen LogP contribution is 2.09. The number of rotatable bonds is 5. The highest BCUT2D eigenvalue weighted by atomic mass is 16.5. The van der Waals surface area contributed by atoms with Crippen molar-refractivity contribution in [2.24, 2.45) is 5.92 Å². The predicted octanol–water partition coefficient (Wildman–Crippen LogP) is 1.67. The van der Waals surface area contributed by atoms with Gasteiger partial charge in [-0.1, -0.05) is 20.8 Å². The van der Waals surface area contributed by atoms with Crippen LogP contribution in [0.2, 0.25) is 0 Å². The van der Waals surface area contributed by atoms with Crippen molar-refractivity contribution in [1.29, 1.82) is 0 Å². The van der Waals surface area contributed by atoms with E-state index < -0.39 is 11.6 Å². The van der Waals surface area contributed by atoms with Crippen LogP contribution in [0.25, 0.3) is 0 Å². The Morgan fingerprint density at radius 2 is 1.82 bits per heavy atom. The minimum atomic E-state index is -0.977. The Balaban J connectivity index is 4.52. The van der Waals surface area contributed by atoms with Crippen LogP contribution in [-0.2, 0) is 9.53 Å². The van der Waals surface area contributed by atoms with Crippen LogP contribution in [0.3, 0.4) is 0 Å². The molecule has 0 saturated carbocycles. The molecule has 0 aliphatic rings. The number of carbonyl (C=O) groups is 2. The zero-order chi connectivity index (χ0) is 13.6. The fraction of sp³-hybridized carbons (Fsp3) is 0.833. The first-order valence-electron chi connectivity index (χ1n) is 5.91. The summed E-state index contributed by atoms with van der Waals surface area (Å²) in [5.74, 6) is 0.154. The SMILES string of the molecule is CCC(NC(=O)C(C)(C)NC(=O)OC)C(C)C. The maximum atomic E-state index is 12.0. The molecule has 1 atom stereocenters. The zero-order valence-electron chi connectivity index (χ0n) is 11.6. The van der Waals surface area contributed by atoms with Crippen molar-refractivity contribution in [3.05, 3.63) is 0 Å². The summed E-state index contributed by atoms with van der Waals surface area (Å²) >= 11 is 0. The molecule has 17 heavy (non-hydrogen) atoms.